The summed E-state index contributed by atoms with van der Waals surface area (Å²) in [5.74, 6) is 1.74. The third kappa shape index (κ3) is 7.31. The SMILES string of the molecule is CCCCSc1nc(I)cnc1OCC[N+](C)(C)C. The molecule has 0 saturated carbocycles. The fraction of sp³-hybridized carbons (Fsp3) is 0.692. The maximum Gasteiger partial charge on any atom is 0.247 e. The van der Waals surface area contributed by atoms with E-state index in [1.807, 2.05) is 0 Å². The molecule has 0 spiro atoms. The average molecular weight is 396 g/mol. The van der Waals surface area contributed by atoms with Crippen LogP contribution in [0.1, 0.15) is 19.8 Å². The van der Waals surface area contributed by atoms with E-state index in [0.717, 1.165) is 25.5 Å². The number of hydrogen-bond acceptors (Lipinski definition) is 4. The van der Waals surface area contributed by atoms with Crippen molar-refractivity contribution < 1.29 is 9.22 Å². The maximum absolute atomic E-state index is 5.79. The van der Waals surface area contributed by atoms with Crippen molar-refractivity contribution in [1.82, 2.24) is 9.97 Å². The molecule has 1 rings (SSSR count). The lowest BCUT2D eigenvalue weighted by molar-refractivity contribution is -0.870. The Morgan fingerprint density at radius 3 is 2.74 bits per heavy atom. The standard InChI is InChI=1S/C13H23IN3OS/c1-5-6-9-19-13-12(15-10-11(14)16-13)18-8-7-17(2,3)4/h10H,5-9H2,1-4H3/q+1. The molecule has 0 amide bonds. The molecule has 0 aromatic carbocycles. The van der Waals surface area contributed by atoms with Crippen LogP contribution >= 0.6 is 34.4 Å². The van der Waals surface area contributed by atoms with Gasteiger partial charge in [0, 0.05) is 0 Å². The van der Waals surface area contributed by atoms with Gasteiger partial charge in [-0.25, -0.2) is 9.97 Å². The van der Waals surface area contributed by atoms with E-state index in [4.69, 9.17) is 4.74 Å². The highest BCUT2D eigenvalue weighted by molar-refractivity contribution is 14.1. The first-order chi connectivity index (χ1) is 8.92. The second-order valence-electron chi connectivity index (χ2n) is 5.37. The Balaban J connectivity index is 2.60. The highest BCUT2D eigenvalue weighted by Crippen LogP contribution is 2.26. The van der Waals surface area contributed by atoms with Gasteiger partial charge in [-0.05, 0) is 34.8 Å². The van der Waals surface area contributed by atoms with Gasteiger partial charge in [0.15, 0.2) is 5.03 Å². The molecule has 1 aromatic rings. The second kappa shape index (κ2) is 8.26. The highest BCUT2D eigenvalue weighted by atomic mass is 127. The molecule has 0 aliphatic rings. The van der Waals surface area contributed by atoms with Crippen LogP contribution < -0.4 is 4.74 Å². The van der Waals surface area contributed by atoms with E-state index in [2.05, 4.69) is 60.6 Å². The number of hydrogen-bond donors (Lipinski definition) is 0. The molecule has 1 heterocycles. The smallest absolute Gasteiger partial charge is 0.247 e. The van der Waals surface area contributed by atoms with Gasteiger partial charge < -0.3 is 9.22 Å². The Morgan fingerprint density at radius 1 is 1.37 bits per heavy atom. The van der Waals surface area contributed by atoms with Crippen molar-refractivity contribution in [3.05, 3.63) is 9.90 Å². The van der Waals surface area contributed by atoms with Gasteiger partial charge >= 0.3 is 0 Å². The number of unbranched alkanes of at least 4 members (excludes halogenated alkanes) is 1. The van der Waals surface area contributed by atoms with Crippen LogP contribution in [0.2, 0.25) is 0 Å². The molecular formula is C13H23IN3OS+. The molecule has 0 aliphatic carbocycles. The Morgan fingerprint density at radius 2 is 2.11 bits per heavy atom. The number of halogens is 1. The minimum atomic E-state index is 0.667. The average Bonchev–Trinajstić information content (AvgIpc) is 2.30. The number of aromatic nitrogens is 2. The van der Waals surface area contributed by atoms with Crippen LogP contribution in [0, 0.1) is 3.70 Å². The lowest BCUT2D eigenvalue weighted by Gasteiger charge is -2.23. The number of nitrogens with zero attached hydrogens (tertiary/aromatic N) is 3. The number of quaternary nitrogens is 1. The fourth-order valence-corrected chi connectivity index (χ4v) is 2.83. The van der Waals surface area contributed by atoms with Crippen molar-refractivity contribution in [1.29, 1.82) is 0 Å². The maximum atomic E-state index is 5.79. The zero-order valence-electron chi connectivity index (χ0n) is 12.1. The molecule has 0 radical (unpaired) electrons. The van der Waals surface area contributed by atoms with Crippen LogP contribution in [0.4, 0.5) is 0 Å². The molecule has 19 heavy (non-hydrogen) atoms. The summed E-state index contributed by atoms with van der Waals surface area (Å²) in [6.07, 6.45) is 4.14. The first-order valence-electron chi connectivity index (χ1n) is 6.51. The van der Waals surface area contributed by atoms with Gasteiger partial charge in [0.1, 0.15) is 16.9 Å². The fourth-order valence-electron chi connectivity index (χ4n) is 1.26. The summed E-state index contributed by atoms with van der Waals surface area (Å²) in [5.41, 5.74) is 0. The molecule has 4 nitrogen and oxygen atoms in total. The van der Waals surface area contributed by atoms with Crippen molar-refractivity contribution in [3.63, 3.8) is 0 Å². The van der Waals surface area contributed by atoms with Crippen molar-refractivity contribution >= 4 is 34.4 Å². The molecule has 0 bridgehead atoms. The monoisotopic (exact) mass is 396 g/mol. The summed E-state index contributed by atoms with van der Waals surface area (Å²) in [4.78, 5) is 8.87. The Kier molecular flexibility index (Phi) is 7.38. The van der Waals surface area contributed by atoms with E-state index in [1.54, 1.807) is 18.0 Å². The van der Waals surface area contributed by atoms with Crippen LogP contribution in [0.15, 0.2) is 11.2 Å². The molecular weight excluding hydrogens is 373 g/mol. The normalized spacial score (nSPS) is 11.6. The predicted molar refractivity (Wildman–Crippen MR) is 88.8 cm³/mol. The molecule has 0 fully saturated rings. The van der Waals surface area contributed by atoms with Crippen LogP contribution in [-0.4, -0.2) is 54.5 Å². The van der Waals surface area contributed by atoms with Gasteiger partial charge in [-0.2, -0.15) is 0 Å². The summed E-state index contributed by atoms with van der Waals surface area (Å²) in [6.45, 7) is 3.81. The van der Waals surface area contributed by atoms with Crippen molar-refractivity contribution in [2.45, 2.75) is 24.8 Å². The van der Waals surface area contributed by atoms with Crippen LogP contribution in [0.3, 0.4) is 0 Å². The van der Waals surface area contributed by atoms with Gasteiger partial charge in [0.25, 0.3) is 0 Å². The van der Waals surface area contributed by atoms with Gasteiger partial charge in [-0.1, -0.05) is 13.3 Å². The summed E-state index contributed by atoms with van der Waals surface area (Å²) in [7, 11) is 6.46. The van der Waals surface area contributed by atoms with Crippen molar-refractivity contribution in [2.75, 3.05) is 40.0 Å². The van der Waals surface area contributed by atoms with E-state index >= 15 is 0 Å². The quantitative estimate of drug-likeness (QED) is 0.293. The second-order valence-corrected chi connectivity index (χ2v) is 7.56. The van der Waals surface area contributed by atoms with E-state index in [-0.39, 0.29) is 0 Å². The zero-order valence-corrected chi connectivity index (χ0v) is 15.1. The van der Waals surface area contributed by atoms with E-state index in [0.29, 0.717) is 12.5 Å². The minimum absolute atomic E-state index is 0.667. The van der Waals surface area contributed by atoms with Gasteiger partial charge in [-0.15, -0.1) is 11.8 Å². The van der Waals surface area contributed by atoms with E-state index in [9.17, 15) is 0 Å². The third-order valence-electron chi connectivity index (χ3n) is 2.42. The summed E-state index contributed by atoms with van der Waals surface area (Å²) >= 11 is 3.92. The van der Waals surface area contributed by atoms with E-state index < -0.39 is 0 Å². The Bertz CT molecular complexity index is 396. The van der Waals surface area contributed by atoms with Gasteiger partial charge in [0.05, 0.1) is 27.3 Å². The topological polar surface area (TPSA) is 35.0 Å². The molecule has 0 unspecified atom stereocenters. The molecule has 108 valence electrons. The lowest BCUT2D eigenvalue weighted by atomic mass is 10.4. The molecule has 0 aliphatic heterocycles. The highest BCUT2D eigenvalue weighted by Gasteiger charge is 2.12. The summed E-state index contributed by atoms with van der Waals surface area (Å²) < 4.78 is 7.58. The molecule has 0 saturated heterocycles. The first kappa shape index (κ1) is 17.0. The lowest BCUT2D eigenvalue weighted by Crippen LogP contribution is -2.38. The first-order valence-corrected chi connectivity index (χ1v) is 8.57. The molecule has 1 aromatic heterocycles. The van der Waals surface area contributed by atoms with Crippen LogP contribution in [0.5, 0.6) is 5.88 Å². The van der Waals surface area contributed by atoms with Crippen LogP contribution in [0.25, 0.3) is 0 Å². The third-order valence-corrected chi connectivity index (χ3v) is 3.97. The summed E-state index contributed by atoms with van der Waals surface area (Å²) in [6, 6.07) is 0. The van der Waals surface area contributed by atoms with Gasteiger partial charge in [0.2, 0.25) is 5.88 Å². The number of thioether (sulfide) groups is 1. The van der Waals surface area contributed by atoms with Crippen molar-refractivity contribution in [3.8, 4) is 5.88 Å². The van der Waals surface area contributed by atoms with Gasteiger partial charge in [-0.3, -0.25) is 0 Å². The Hall–Kier alpha value is -0.0800. The molecule has 0 atom stereocenters. The van der Waals surface area contributed by atoms with Crippen LogP contribution in [-0.2, 0) is 0 Å². The van der Waals surface area contributed by atoms with E-state index in [1.165, 1.54) is 12.8 Å². The zero-order chi connectivity index (χ0) is 14.3. The number of ether oxygens (including phenoxy) is 1. The molecule has 6 heteroatoms. The number of rotatable bonds is 8. The molecule has 0 N–H and O–H groups in total. The van der Waals surface area contributed by atoms with Crippen molar-refractivity contribution in [2.24, 2.45) is 0 Å². The minimum Gasteiger partial charge on any atom is -0.470 e. The predicted octanol–water partition coefficient (Wildman–Crippen LogP) is 3.06. The summed E-state index contributed by atoms with van der Waals surface area (Å²) in [5, 5.41) is 0.918. The Labute approximate surface area is 134 Å². The largest absolute Gasteiger partial charge is 0.470 e. The number of likely N-dealkylation sites (N-methyl/N-ethyl adjacent to an activating group) is 1.